The minimum absolute atomic E-state index is 0.0524. The maximum Gasteiger partial charge on any atom is 0.232 e. The number of morpholine rings is 1. The summed E-state index contributed by atoms with van der Waals surface area (Å²) in [6.07, 6.45) is 6.46. The van der Waals surface area contributed by atoms with E-state index in [0.29, 0.717) is 24.6 Å². The van der Waals surface area contributed by atoms with Crippen molar-refractivity contribution in [1.82, 2.24) is 15.0 Å². The highest BCUT2D eigenvalue weighted by molar-refractivity contribution is 5.95. The van der Waals surface area contributed by atoms with Crippen LogP contribution < -0.4 is 9.64 Å². The number of aromatic nitrogens is 3. The first kappa shape index (κ1) is 17.2. The van der Waals surface area contributed by atoms with Crippen molar-refractivity contribution < 1.29 is 9.47 Å². The lowest BCUT2D eigenvalue weighted by atomic mass is 10.1. The summed E-state index contributed by atoms with van der Waals surface area (Å²) in [4.78, 5) is 14.8. The van der Waals surface area contributed by atoms with Crippen LogP contribution in [0.15, 0.2) is 49.1 Å². The number of pyridine rings is 1. The highest BCUT2D eigenvalue weighted by atomic mass is 16.5. The third kappa shape index (κ3) is 3.66. The van der Waals surface area contributed by atoms with E-state index in [1.54, 1.807) is 24.8 Å². The predicted molar refractivity (Wildman–Crippen MR) is 101 cm³/mol. The number of hydrogen-bond donors (Lipinski definition) is 0. The molecule has 0 radical (unpaired) electrons. The molecule has 27 heavy (non-hydrogen) atoms. The molecule has 1 fully saturated rings. The number of nitrogens with zero attached hydrogens (tertiary/aromatic N) is 5. The third-order valence-corrected chi connectivity index (χ3v) is 4.49. The van der Waals surface area contributed by atoms with Crippen molar-refractivity contribution in [2.75, 3.05) is 24.6 Å². The lowest BCUT2D eigenvalue weighted by Crippen LogP contribution is -2.49. The second-order valence-corrected chi connectivity index (χ2v) is 6.47. The van der Waals surface area contributed by atoms with Crippen LogP contribution in [0.5, 0.6) is 5.88 Å². The molecule has 0 saturated carbocycles. The molecule has 0 N–H and O–H groups in total. The normalized spacial score (nSPS) is 19.6. The molecule has 1 saturated heterocycles. The summed E-state index contributed by atoms with van der Waals surface area (Å²) >= 11 is 0. The van der Waals surface area contributed by atoms with Crippen molar-refractivity contribution in [1.29, 1.82) is 5.26 Å². The molecule has 0 amide bonds. The van der Waals surface area contributed by atoms with Gasteiger partial charge in [-0.3, -0.25) is 9.97 Å². The lowest BCUT2D eigenvalue weighted by molar-refractivity contribution is -0.0376. The Balaban J connectivity index is 1.57. The Hall–Kier alpha value is -3.24. The van der Waals surface area contributed by atoms with Gasteiger partial charge in [0.2, 0.25) is 5.88 Å². The Kier molecular flexibility index (Phi) is 4.81. The van der Waals surface area contributed by atoms with E-state index >= 15 is 0 Å². The van der Waals surface area contributed by atoms with Gasteiger partial charge >= 0.3 is 0 Å². The van der Waals surface area contributed by atoms with E-state index in [0.717, 1.165) is 23.1 Å². The average Bonchev–Trinajstić information content (AvgIpc) is 2.72. The van der Waals surface area contributed by atoms with Crippen LogP contribution in [0.2, 0.25) is 0 Å². The van der Waals surface area contributed by atoms with E-state index < -0.39 is 0 Å². The minimum atomic E-state index is -0.0990. The molecule has 7 heteroatoms. The van der Waals surface area contributed by atoms with Gasteiger partial charge in [-0.05, 0) is 31.2 Å². The van der Waals surface area contributed by atoms with E-state index in [1.807, 2.05) is 31.2 Å². The number of rotatable bonds is 4. The van der Waals surface area contributed by atoms with Crippen LogP contribution >= 0.6 is 0 Å². The fourth-order valence-corrected chi connectivity index (χ4v) is 3.40. The Morgan fingerprint density at radius 3 is 2.96 bits per heavy atom. The zero-order valence-electron chi connectivity index (χ0n) is 14.9. The molecule has 1 aliphatic heterocycles. The molecule has 3 heterocycles. The van der Waals surface area contributed by atoms with Crippen LogP contribution in [-0.2, 0) is 4.74 Å². The summed E-state index contributed by atoms with van der Waals surface area (Å²) < 4.78 is 11.8. The van der Waals surface area contributed by atoms with Gasteiger partial charge in [0.25, 0.3) is 0 Å². The highest BCUT2D eigenvalue weighted by Gasteiger charge is 2.27. The molecule has 3 aromatic rings. The fourth-order valence-electron chi connectivity index (χ4n) is 3.40. The van der Waals surface area contributed by atoms with Crippen LogP contribution in [-0.4, -0.2) is 46.9 Å². The van der Waals surface area contributed by atoms with Gasteiger partial charge in [-0.1, -0.05) is 0 Å². The summed E-state index contributed by atoms with van der Waals surface area (Å²) in [5.41, 5.74) is 2.36. The lowest BCUT2D eigenvalue weighted by Gasteiger charge is -2.38. The zero-order chi connectivity index (χ0) is 18.6. The second kappa shape index (κ2) is 7.56. The summed E-state index contributed by atoms with van der Waals surface area (Å²) in [6.45, 7) is 3.88. The van der Waals surface area contributed by atoms with Gasteiger partial charge in [-0.25, -0.2) is 4.98 Å². The molecule has 2 aromatic heterocycles. The molecule has 2 atom stereocenters. The quantitative estimate of drug-likeness (QED) is 0.706. The molecule has 0 unspecified atom stereocenters. The number of benzene rings is 1. The molecular weight excluding hydrogens is 342 g/mol. The summed E-state index contributed by atoms with van der Waals surface area (Å²) in [5, 5.41) is 10.3. The molecule has 0 bridgehead atoms. The minimum Gasteiger partial charge on any atom is -0.474 e. The molecule has 0 aliphatic carbocycles. The first-order chi connectivity index (χ1) is 13.2. The van der Waals surface area contributed by atoms with Crippen LogP contribution in [0.25, 0.3) is 10.9 Å². The van der Waals surface area contributed by atoms with Gasteiger partial charge in [0, 0.05) is 42.8 Å². The maximum absolute atomic E-state index is 9.35. The van der Waals surface area contributed by atoms with E-state index in [4.69, 9.17) is 9.47 Å². The van der Waals surface area contributed by atoms with E-state index in [1.165, 1.54) is 0 Å². The fraction of sp³-hybridized carbons (Fsp3) is 0.300. The SMILES string of the molecule is C[C@@H]1CN(c2ccc(C#N)c3ncccc23)C[C@H](COc2cnccn2)O1. The van der Waals surface area contributed by atoms with E-state index in [-0.39, 0.29) is 12.2 Å². The molecule has 7 nitrogen and oxygen atoms in total. The van der Waals surface area contributed by atoms with Crippen molar-refractivity contribution in [3.8, 4) is 11.9 Å². The Morgan fingerprint density at radius 1 is 1.22 bits per heavy atom. The van der Waals surface area contributed by atoms with Gasteiger partial charge in [-0.15, -0.1) is 0 Å². The summed E-state index contributed by atoms with van der Waals surface area (Å²) in [7, 11) is 0. The average molecular weight is 361 g/mol. The Bertz CT molecular complexity index is 973. The number of nitriles is 1. The van der Waals surface area contributed by atoms with E-state index in [2.05, 4.69) is 25.9 Å². The number of anilines is 1. The van der Waals surface area contributed by atoms with Crippen molar-refractivity contribution in [2.24, 2.45) is 0 Å². The standard InChI is InChI=1S/C20H19N5O2/c1-14-11-25(12-16(27-14)13-26-19-10-22-7-8-23-19)18-5-4-15(9-21)20-17(18)3-2-6-24-20/h2-8,10,14,16H,11-13H2,1H3/t14-,16-/m1/s1. The number of fused-ring (bicyclic) bond motifs is 1. The Labute approximate surface area is 157 Å². The zero-order valence-corrected chi connectivity index (χ0v) is 14.9. The Morgan fingerprint density at radius 2 is 2.15 bits per heavy atom. The largest absolute Gasteiger partial charge is 0.474 e. The highest BCUT2D eigenvalue weighted by Crippen LogP contribution is 2.30. The van der Waals surface area contributed by atoms with Crippen LogP contribution in [0, 0.1) is 11.3 Å². The van der Waals surface area contributed by atoms with Crippen LogP contribution in [0.3, 0.4) is 0 Å². The summed E-state index contributed by atoms with van der Waals surface area (Å²) in [5.74, 6) is 0.485. The summed E-state index contributed by atoms with van der Waals surface area (Å²) in [6, 6.07) is 9.93. The monoisotopic (exact) mass is 361 g/mol. The second-order valence-electron chi connectivity index (χ2n) is 6.47. The maximum atomic E-state index is 9.35. The molecular formula is C20H19N5O2. The van der Waals surface area contributed by atoms with Crippen LogP contribution in [0.4, 0.5) is 5.69 Å². The van der Waals surface area contributed by atoms with Crippen molar-refractivity contribution in [3.63, 3.8) is 0 Å². The molecule has 4 rings (SSSR count). The van der Waals surface area contributed by atoms with Crippen molar-refractivity contribution in [2.45, 2.75) is 19.1 Å². The third-order valence-electron chi connectivity index (χ3n) is 4.49. The number of hydrogen-bond acceptors (Lipinski definition) is 7. The topological polar surface area (TPSA) is 84.2 Å². The van der Waals surface area contributed by atoms with Gasteiger partial charge in [-0.2, -0.15) is 5.26 Å². The predicted octanol–water partition coefficient (Wildman–Crippen LogP) is 2.57. The molecule has 1 aliphatic rings. The van der Waals surface area contributed by atoms with Gasteiger partial charge in [0.05, 0.1) is 23.4 Å². The van der Waals surface area contributed by atoms with E-state index in [9.17, 15) is 5.26 Å². The first-order valence-corrected chi connectivity index (χ1v) is 8.81. The molecule has 1 aromatic carbocycles. The first-order valence-electron chi connectivity index (χ1n) is 8.81. The molecule has 0 spiro atoms. The number of ether oxygens (including phenoxy) is 2. The smallest absolute Gasteiger partial charge is 0.232 e. The van der Waals surface area contributed by atoms with Gasteiger partial charge < -0.3 is 14.4 Å². The van der Waals surface area contributed by atoms with Crippen molar-refractivity contribution in [3.05, 3.63) is 54.6 Å². The molecule has 136 valence electrons. The van der Waals surface area contributed by atoms with Crippen LogP contribution in [0.1, 0.15) is 12.5 Å². The van der Waals surface area contributed by atoms with Gasteiger partial charge in [0.15, 0.2) is 0 Å². The van der Waals surface area contributed by atoms with Gasteiger partial charge in [0.1, 0.15) is 18.8 Å². The van der Waals surface area contributed by atoms with Crippen molar-refractivity contribution >= 4 is 16.6 Å².